The molecular weight excluding hydrogens is 316 g/mol. The van der Waals surface area contributed by atoms with E-state index in [2.05, 4.69) is 6.07 Å². The van der Waals surface area contributed by atoms with E-state index in [1.54, 1.807) is 18.2 Å². The Balaban J connectivity index is 1.93. The molecule has 0 bridgehead atoms. The zero-order valence-electron chi connectivity index (χ0n) is 14.1. The normalized spacial score (nSPS) is 17.1. The van der Waals surface area contributed by atoms with Crippen LogP contribution in [-0.2, 0) is 6.61 Å². The first-order valence-electron chi connectivity index (χ1n) is 8.34. The van der Waals surface area contributed by atoms with Crippen molar-refractivity contribution in [2.75, 3.05) is 6.61 Å². The van der Waals surface area contributed by atoms with Gasteiger partial charge in [-0.05, 0) is 18.1 Å². The molecule has 1 amide bonds. The van der Waals surface area contributed by atoms with Crippen LogP contribution in [0.5, 0.6) is 5.75 Å². The summed E-state index contributed by atoms with van der Waals surface area (Å²) in [6.45, 7) is 2.06. The SMILES string of the molecule is CCC(CO)N1C(=O)c2c(OCc3ccccc3)cccc2C1C#N. The molecule has 2 aromatic carbocycles. The molecule has 128 valence electrons. The first-order chi connectivity index (χ1) is 12.2. The molecule has 2 atom stereocenters. The lowest BCUT2D eigenvalue weighted by Crippen LogP contribution is -2.40. The largest absolute Gasteiger partial charge is 0.488 e. The van der Waals surface area contributed by atoms with E-state index in [1.807, 2.05) is 37.3 Å². The molecule has 0 saturated carbocycles. The molecule has 5 heteroatoms. The minimum atomic E-state index is -0.695. The summed E-state index contributed by atoms with van der Waals surface area (Å²) in [6.07, 6.45) is 0.578. The third-order valence-corrected chi connectivity index (χ3v) is 4.51. The Morgan fingerprint density at radius 1 is 1.24 bits per heavy atom. The Morgan fingerprint density at radius 2 is 2.00 bits per heavy atom. The Morgan fingerprint density at radius 3 is 2.64 bits per heavy atom. The summed E-state index contributed by atoms with van der Waals surface area (Å²) >= 11 is 0. The van der Waals surface area contributed by atoms with Gasteiger partial charge in [0.1, 0.15) is 18.4 Å². The van der Waals surface area contributed by atoms with Gasteiger partial charge in [0, 0.05) is 5.56 Å². The molecular formula is C20H20N2O3. The number of ether oxygens (including phenoxy) is 1. The van der Waals surface area contributed by atoms with Gasteiger partial charge >= 0.3 is 0 Å². The number of nitrogens with zero attached hydrogens (tertiary/aromatic N) is 2. The quantitative estimate of drug-likeness (QED) is 0.880. The predicted molar refractivity (Wildman–Crippen MR) is 92.9 cm³/mol. The van der Waals surface area contributed by atoms with E-state index in [1.165, 1.54) is 4.90 Å². The Kier molecular flexibility index (Phi) is 5.01. The number of nitriles is 1. The van der Waals surface area contributed by atoms with Gasteiger partial charge in [-0.3, -0.25) is 4.79 Å². The second-order valence-corrected chi connectivity index (χ2v) is 5.98. The lowest BCUT2D eigenvalue weighted by molar-refractivity contribution is 0.0569. The highest BCUT2D eigenvalue weighted by molar-refractivity contribution is 6.02. The molecule has 5 nitrogen and oxygen atoms in total. The van der Waals surface area contributed by atoms with Crippen molar-refractivity contribution in [3.8, 4) is 11.8 Å². The Bertz CT molecular complexity index is 794. The lowest BCUT2D eigenvalue weighted by Gasteiger charge is -2.28. The van der Waals surface area contributed by atoms with Gasteiger partial charge in [0.05, 0.1) is 24.3 Å². The van der Waals surface area contributed by atoms with Crippen molar-refractivity contribution in [3.05, 3.63) is 65.2 Å². The van der Waals surface area contributed by atoms with E-state index in [0.29, 0.717) is 29.9 Å². The van der Waals surface area contributed by atoms with E-state index in [-0.39, 0.29) is 18.6 Å². The van der Waals surface area contributed by atoms with E-state index in [4.69, 9.17) is 4.74 Å². The number of rotatable bonds is 6. The highest BCUT2D eigenvalue weighted by Crippen LogP contribution is 2.40. The Labute approximate surface area is 147 Å². The number of carbonyl (C=O) groups is 1. The van der Waals surface area contributed by atoms with Gasteiger partial charge in [-0.15, -0.1) is 0 Å². The van der Waals surface area contributed by atoms with Crippen LogP contribution in [0.1, 0.15) is 40.9 Å². The van der Waals surface area contributed by atoms with E-state index in [0.717, 1.165) is 5.56 Å². The third-order valence-electron chi connectivity index (χ3n) is 4.51. The van der Waals surface area contributed by atoms with E-state index in [9.17, 15) is 15.2 Å². The molecule has 0 radical (unpaired) electrons. The summed E-state index contributed by atoms with van der Waals surface area (Å²) in [6, 6.07) is 16.1. The molecule has 1 N–H and O–H groups in total. The van der Waals surface area contributed by atoms with Crippen molar-refractivity contribution >= 4 is 5.91 Å². The fourth-order valence-electron chi connectivity index (χ4n) is 3.18. The van der Waals surface area contributed by atoms with Gasteiger partial charge in [-0.1, -0.05) is 49.4 Å². The van der Waals surface area contributed by atoms with Crippen molar-refractivity contribution in [2.24, 2.45) is 0 Å². The fourth-order valence-corrected chi connectivity index (χ4v) is 3.18. The highest BCUT2D eigenvalue weighted by atomic mass is 16.5. The maximum atomic E-state index is 12.9. The highest BCUT2D eigenvalue weighted by Gasteiger charge is 2.42. The molecule has 1 heterocycles. The van der Waals surface area contributed by atoms with Crippen molar-refractivity contribution in [1.82, 2.24) is 4.90 Å². The number of carbonyl (C=O) groups excluding carboxylic acids is 1. The molecule has 0 aliphatic carbocycles. The predicted octanol–water partition coefficient (Wildman–Crippen LogP) is 3.06. The van der Waals surface area contributed by atoms with E-state index < -0.39 is 6.04 Å². The summed E-state index contributed by atoms with van der Waals surface area (Å²) in [7, 11) is 0. The van der Waals surface area contributed by atoms with Gasteiger partial charge in [0.15, 0.2) is 0 Å². The smallest absolute Gasteiger partial charge is 0.259 e. The summed E-state index contributed by atoms with van der Waals surface area (Å²) in [5, 5.41) is 19.2. The number of hydrogen-bond acceptors (Lipinski definition) is 4. The monoisotopic (exact) mass is 336 g/mol. The molecule has 3 rings (SSSR count). The van der Waals surface area contributed by atoms with Crippen molar-refractivity contribution in [1.29, 1.82) is 5.26 Å². The maximum absolute atomic E-state index is 12.9. The van der Waals surface area contributed by atoms with Crippen LogP contribution in [0.15, 0.2) is 48.5 Å². The Hall–Kier alpha value is -2.84. The molecule has 25 heavy (non-hydrogen) atoms. The van der Waals surface area contributed by atoms with E-state index >= 15 is 0 Å². The van der Waals surface area contributed by atoms with Gasteiger partial charge in [0.25, 0.3) is 5.91 Å². The second kappa shape index (κ2) is 7.37. The first kappa shape index (κ1) is 17.0. The van der Waals surface area contributed by atoms with Gasteiger partial charge in [-0.25, -0.2) is 0 Å². The number of aliphatic hydroxyl groups is 1. The summed E-state index contributed by atoms with van der Waals surface area (Å²) in [5.74, 6) is 0.216. The standard InChI is InChI=1S/C20H20N2O3/c1-2-15(12-23)22-17(11-21)16-9-6-10-18(19(16)20(22)24)25-13-14-7-4-3-5-8-14/h3-10,15,17,23H,2,12-13H2,1H3. The van der Waals surface area contributed by atoms with Crippen molar-refractivity contribution < 1.29 is 14.6 Å². The lowest BCUT2D eigenvalue weighted by atomic mass is 10.0. The van der Waals surface area contributed by atoms with Crippen molar-refractivity contribution in [3.63, 3.8) is 0 Å². The summed E-state index contributed by atoms with van der Waals surface area (Å²) in [4.78, 5) is 14.4. The number of fused-ring (bicyclic) bond motifs is 1. The summed E-state index contributed by atoms with van der Waals surface area (Å²) in [5.41, 5.74) is 2.07. The molecule has 2 aromatic rings. The zero-order valence-corrected chi connectivity index (χ0v) is 14.1. The molecule has 2 unspecified atom stereocenters. The molecule has 0 spiro atoms. The van der Waals surface area contributed by atoms with Crippen LogP contribution >= 0.6 is 0 Å². The molecule has 1 aliphatic rings. The molecule has 0 fully saturated rings. The van der Waals surface area contributed by atoms with Crippen LogP contribution in [0.2, 0.25) is 0 Å². The summed E-state index contributed by atoms with van der Waals surface area (Å²) < 4.78 is 5.87. The number of aliphatic hydroxyl groups excluding tert-OH is 1. The van der Waals surface area contributed by atoms with Crippen LogP contribution < -0.4 is 4.74 Å². The maximum Gasteiger partial charge on any atom is 0.259 e. The molecule has 0 saturated heterocycles. The topological polar surface area (TPSA) is 73.6 Å². The van der Waals surface area contributed by atoms with Gasteiger partial charge in [-0.2, -0.15) is 5.26 Å². The third kappa shape index (κ3) is 3.09. The molecule has 1 aliphatic heterocycles. The second-order valence-electron chi connectivity index (χ2n) is 5.98. The van der Waals surface area contributed by atoms with Gasteiger partial charge < -0.3 is 14.7 Å². The molecule has 0 aromatic heterocycles. The van der Waals surface area contributed by atoms with Crippen LogP contribution in [0.4, 0.5) is 0 Å². The van der Waals surface area contributed by atoms with Crippen LogP contribution in [0, 0.1) is 11.3 Å². The van der Waals surface area contributed by atoms with Crippen LogP contribution in [0.3, 0.4) is 0 Å². The van der Waals surface area contributed by atoms with Gasteiger partial charge in [0.2, 0.25) is 0 Å². The minimum absolute atomic E-state index is 0.172. The van der Waals surface area contributed by atoms with Crippen LogP contribution in [-0.4, -0.2) is 28.6 Å². The first-order valence-corrected chi connectivity index (χ1v) is 8.34. The fraction of sp³-hybridized carbons (Fsp3) is 0.300. The minimum Gasteiger partial charge on any atom is -0.488 e. The zero-order chi connectivity index (χ0) is 17.8. The van der Waals surface area contributed by atoms with Crippen LogP contribution in [0.25, 0.3) is 0 Å². The average Bonchev–Trinajstić information content (AvgIpc) is 2.95. The number of amides is 1. The number of hydrogen-bond donors (Lipinski definition) is 1. The average molecular weight is 336 g/mol. The van der Waals surface area contributed by atoms with Crippen molar-refractivity contribution in [2.45, 2.75) is 32.0 Å². The number of benzene rings is 2.